The first-order valence-electron chi connectivity index (χ1n) is 10.9. The number of anilines is 1. The molecule has 3 rings (SSSR count). The molecule has 0 fully saturated rings. The summed E-state index contributed by atoms with van der Waals surface area (Å²) in [6, 6.07) is 15.9. The van der Waals surface area contributed by atoms with Crippen LogP contribution in [0.1, 0.15) is 37.6 Å². The molecule has 1 N–H and O–H groups in total. The quantitative estimate of drug-likeness (QED) is 0.449. The van der Waals surface area contributed by atoms with Crippen molar-refractivity contribution in [3.63, 3.8) is 0 Å². The molecule has 0 aliphatic rings. The van der Waals surface area contributed by atoms with Crippen LogP contribution in [0.4, 0.5) is 5.82 Å². The maximum Gasteiger partial charge on any atom is 0.250 e. The van der Waals surface area contributed by atoms with Gasteiger partial charge in [0.05, 0.1) is 24.0 Å². The van der Waals surface area contributed by atoms with E-state index in [-0.39, 0.29) is 17.4 Å². The number of hydrogen-bond acceptors (Lipinski definition) is 4. The second kappa shape index (κ2) is 9.24. The van der Waals surface area contributed by atoms with Gasteiger partial charge in [-0.1, -0.05) is 62.7 Å². The molecule has 0 saturated heterocycles. The summed E-state index contributed by atoms with van der Waals surface area (Å²) in [5, 5.41) is 3.02. The van der Waals surface area contributed by atoms with Crippen LogP contribution in [0.2, 0.25) is 18.1 Å². The highest BCUT2D eigenvalue weighted by molar-refractivity contribution is 6.74. The van der Waals surface area contributed by atoms with Gasteiger partial charge in [-0.15, -0.1) is 0 Å². The molecule has 6 heteroatoms. The predicted molar refractivity (Wildman–Crippen MR) is 134 cm³/mol. The van der Waals surface area contributed by atoms with Gasteiger partial charge in [0.15, 0.2) is 5.82 Å². The Balaban J connectivity index is 1.62. The average molecular weight is 448 g/mol. The molecule has 1 heterocycles. The van der Waals surface area contributed by atoms with Gasteiger partial charge in [-0.25, -0.2) is 9.97 Å². The minimum absolute atomic E-state index is 0.122. The standard InChI is InChI=1S/C26H33N3O2Si/c1-18-8-12-21(13-9-18)23-17-27-25(19(2)28-23)29-24(30)16-20-10-14-22(15-11-20)31-32(6,7)26(3,4)5/h8-15,17H,16H2,1-7H3,(H,27,29,30). The molecule has 3 aromatic rings. The highest BCUT2D eigenvalue weighted by atomic mass is 28.4. The van der Waals surface area contributed by atoms with E-state index in [1.54, 1.807) is 6.20 Å². The molecule has 0 radical (unpaired) electrons. The van der Waals surface area contributed by atoms with Crippen molar-refractivity contribution in [2.75, 3.05) is 5.32 Å². The minimum atomic E-state index is -1.88. The lowest BCUT2D eigenvalue weighted by molar-refractivity contribution is -0.115. The van der Waals surface area contributed by atoms with Gasteiger partial charge in [0.2, 0.25) is 14.2 Å². The van der Waals surface area contributed by atoms with E-state index in [1.807, 2.05) is 62.4 Å². The SMILES string of the molecule is Cc1ccc(-c2cnc(NC(=O)Cc3ccc(O[Si](C)(C)C(C)(C)C)cc3)c(C)n2)cc1. The third kappa shape index (κ3) is 5.82. The molecule has 0 spiro atoms. The zero-order chi connectivity index (χ0) is 23.5. The number of nitrogens with zero attached hydrogens (tertiary/aromatic N) is 2. The monoisotopic (exact) mass is 447 g/mol. The lowest BCUT2D eigenvalue weighted by atomic mass is 10.1. The van der Waals surface area contributed by atoms with Gasteiger partial charge in [-0.2, -0.15) is 0 Å². The van der Waals surface area contributed by atoms with Crippen molar-refractivity contribution >= 4 is 20.0 Å². The van der Waals surface area contributed by atoms with Crippen molar-refractivity contribution < 1.29 is 9.22 Å². The lowest BCUT2D eigenvalue weighted by Crippen LogP contribution is -2.43. The molecule has 2 aromatic carbocycles. The predicted octanol–water partition coefficient (Wildman–Crippen LogP) is 6.33. The van der Waals surface area contributed by atoms with E-state index in [4.69, 9.17) is 4.43 Å². The molecule has 32 heavy (non-hydrogen) atoms. The number of aromatic nitrogens is 2. The molecule has 1 aromatic heterocycles. The topological polar surface area (TPSA) is 64.1 Å². The van der Waals surface area contributed by atoms with E-state index in [0.717, 1.165) is 22.6 Å². The smallest absolute Gasteiger partial charge is 0.250 e. The maximum absolute atomic E-state index is 12.6. The number of nitrogens with one attached hydrogen (secondary N) is 1. The van der Waals surface area contributed by atoms with E-state index < -0.39 is 8.32 Å². The van der Waals surface area contributed by atoms with Crippen molar-refractivity contribution in [2.45, 2.75) is 59.2 Å². The molecule has 0 aliphatic carbocycles. The highest BCUT2D eigenvalue weighted by Gasteiger charge is 2.38. The molecule has 168 valence electrons. The van der Waals surface area contributed by atoms with Gasteiger partial charge in [0.1, 0.15) is 5.75 Å². The zero-order valence-electron chi connectivity index (χ0n) is 20.1. The molecule has 1 amide bonds. The second-order valence-electron chi connectivity index (χ2n) is 9.79. The first-order chi connectivity index (χ1) is 14.9. The lowest BCUT2D eigenvalue weighted by Gasteiger charge is -2.36. The molecular formula is C26H33N3O2Si. The Bertz CT molecular complexity index is 1090. The molecule has 0 aliphatic heterocycles. The van der Waals surface area contributed by atoms with E-state index in [9.17, 15) is 4.79 Å². The summed E-state index contributed by atoms with van der Waals surface area (Å²) in [7, 11) is -1.88. The Morgan fingerprint density at radius 2 is 1.62 bits per heavy atom. The van der Waals surface area contributed by atoms with Crippen LogP contribution in [0.15, 0.2) is 54.7 Å². The molecule has 0 unspecified atom stereocenters. The Labute approximate surface area is 192 Å². The fourth-order valence-electron chi connectivity index (χ4n) is 2.95. The number of carbonyl (C=O) groups excluding carboxylic acids is 1. The Kier molecular flexibility index (Phi) is 6.84. The third-order valence-corrected chi connectivity index (χ3v) is 10.4. The summed E-state index contributed by atoms with van der Waals surface area (Å²) in [5.41, 5.74) is 4.60. The van der Waals surface area contributed by atoms with Crippen molar-refractivity contribution in [3.05, 3.63) is 71.5 Å². The summed E-state index contributed by atoms with van der Waals surface area (Å²) in [6.07, 6.45) is 1.96. The average Bonchev–Trinajstić information content (AvgIpc) is 2.70. The van der Waals surface area contributed by atoms with Gasteiger partial charge >= 0.3 is 0 Å². The van der Waals surface area contributed by atoms with Crippen LogP contribution in [-0.4, -0.2) is 24.2 Å². The first-order valence-corrected chi connectivity index (χ1v) is 13.8. The van der Waals surface area contributed by atoms with Crippen molar-refractivity contribution in [1.29, 1.82) is 0 Å². The summed E-state index contributed by atoms with van der Waals surface area (Å²) in [6.45, 7) is 15.0. The van der Waals surface area contributed by atoms with Crippen LogP contribution in [0.3, 0.4) is 0 Å². The Morgan fingerprint density at radius 3 is 2.19 bits per heavy atom. The van der Waals surface area contributed by atoms with Crippen LogP contribution in [-0.2, 0) is 11.2 Å². The second-order valence-corrected chi connectivity index (χ2v) is 14.5. The normalized spacial score (nSPS) is 11.8. The van der Waals surface area contributed by atoms with Crippen molar-refractivity contribution in [1.82, 2.24) is 9.97 Å². The Hall–Kier alpha value is -2.99. The van der Waals surface area contributed by atoms with Crippen molar-refractivity contribution in [2.24, 2.45) is 0 Å². The fraction of sp³-hybridized carbons (Fsp3) is 0.346. The summed E-state index contributed by atoms with van der Waals surface area (Å²) in [5.74, 6) is 1.22. The molecule has 0 saturated carbocycles. The number of amides is 1. The highest BCUT2D eigenvalue weighted by Crippen LogP contribution is 2.37. The van der Waals surface area contributed by atoms with Crippen molar-refractivity contribution in [3.8, 4) is 17.0 Å². The van der Waals surface area contributed by atoms with Gasteiger partial charge in [-0.05, 0) is 49.7 Å². The van der Waals surface area contributed by atoms with Crippen LogP contribution in [0.25, 0.3) is 11.3 Å². The summed E-state index contributed by atoms with van der Waals surface area (Å²) < 4.78 is 6.31. The van der Waals surface area contributed by atoms with Crippen LogP contribution >= 0.6 is 0 Å². The van der Waals surface area contributed by atoms with Crippen LogP contribution in [0.5, 0.6) is 5.75 Å². The molecule has 0 bridgehead atoms. The number of rotatable bonds is 6. The third-order valence-electron chi connectivity index (χ3n) is 6.02. The molecular weight excluding hydrogens is 414 g/mol. The van der Waals surface area contributed by atoms with Gasteiger partial charge in [0, 0.05) is 5.56 Å². The van der Waals surface area contributed by atoms with Gasteiger partial charge < -0.3 is 9.74 Å². The van der Waals surface area contributed by atoms with Gasteiger partial charge in [0.25, 0.3) is 0 Å². The molecule has 5 nitrogen and oxygen atoms in total. The number of benzene rings is 2. The minimum Gasteiger partial charge on any atom is -0.544 e. The zero-order valence-corrected chi connectivity index (χ0v) is 21.1. The van der Waals surface area contributed by atoms with E-state index in [2.05, 4.69) is 49.1 Å². The number of aryl methyl sites for hydroxylation is 2. The summed E-state index contributed by atoms with van der Waals surface area (Å²) >= 11 is 0. The van der Waals surface area contributed by atoms with Gasteiger partial charge in [-0.3, -0.25) is 4.79 Å². The van der Waals surface area contributed by atoms with E-state index >= 15 is 0 Å². The van der Waals surface area contributed by atoms with Crippen LogP contribution < -0.4 is 9.74 Å². The Morgan fingerprint density at radius 1 is 1.00 bits per heavy atom. The van der Waals surface area contributed by atoms with Crippen LogP contribution in [0, 0.1) is 13.8 Å². The van der Waals surface area contributed by atoms with E-state index in [0.29, 0.717) is 11.5 Å². The molecule has 0 atom stereocenters. The number of carbonyl (C=O) groups is 1. The fourth-order valence-corrected chi connectivity index (χ4v) is 3.98. The first kappa shape index (κ1) is 23.7. The van der Waals surface area contributed by atoms with E-state index in [1.165, 1.54) is 5.56 Å². The number of hydrogen-bond donors (Lipinski definition) is 1. The summed E-state index contributed by atoms with van der Waals surface area (Å²) in [4.78, 5) is 21.6. The maximum atomic E-state index is 12.6. The largest absolute Gasteiger partial charge is 0.544 e.